The van der Waals surface area contributed by atoms with Gasteiger partial charge in [0.2, 0.25) is 0 Å². The number of nitrogens with one attached hydrogen (secondary N) is 1. The fraction of sp³-hybridized carbons (Fsp3) is 0.714. The second-order valence-corrected chi connectivity index (χ2v) is 2.41. The van der Waals surface area contributed by atoms with E-state index in [-0.39, 0.29) is 0 Å². The maximum Gasteiger partial charge on any atom is 0.302 e. The average Bonchev–Trinajstić information content (AvgIpc) is 2.10. The maximum absolute atomic E-state index is 10.6. The second kappa shape index (κ2) is 6.60. The van der Waals surface area contributed by atoms with Gasteiger partial charge in [-0.25, -0.2) is 0 Å². The molecule has 1 N–H and O–H groups in total. The molecule has 0 aliphatic carbocycles. The molecule has 68 valence electrons. The number of aldehydes is 1. The van der Waals surface area contributed by atoms with Crippen molar-refractivity contribution in [3.63, 3.8) is 0 Å². The van der Waals surface area contributed by atoms with Crippen LogP contribution in [0.5, 0.6) is 0 Å². The summed E-state index contributed by atoms with van der Waals surface area (Å²) in [6.07, 6.45) is 1.94. The van der Waals surface area contributed by atoms with Crippen LogP contribution in [-0.2, 0) is 9.59 Å². The van der Waals surface area contributed by atoms with E-state index in [1.165, 1.54) is 0 Å². The predicted octanol–water partition coefficient (Wildman–Crippen LogP) is 0.237. The molecule has 12 heavy (non-hydrogen) atoms. The Hall–Kier alpha value is -1.10. The zero-order valence-electron chi connectivity index (χ0n) is 6.95. The van der Waals surface area contributed by atoms with Crippen molar-refractivity contribution in [2.75, 3.05) is 6.54 Å². The predicted molar refractivity (Wildman–Crippen MR) is 43.6 cm³/mol. The fourth-order valence-electron chi connectivity index (χ4n) is 0.670. The molecule has 0 aliphatic heterocycles. The summed E-state index contributed by atoms with van der Waals surface area (Å²) in [6.45, 7) is 2.10. The lowest BCUT2D eigenvalue weighted by atomic mass is 10.3. The number of carbonyl (C=O) groups is 2. The summed E-state index contributed by atoms with van der Waals surface area (Å²) in [4.78, 5) is 30.2. The lowest BCUT2D eigenvalue weighted by Crippen LogP contribution is -2.33. The molecule has 0 spiro atoms. The van der Waals surface area contributed by atoms with Gasteiger partial charge in [0, 0.05) is 11.6 Å². The van der Waals surface area contributed by atoms with Gasteiger partial charge in [0.05, 0.1) is 6.04 Å². The number of amides is 1. The van der Waals surface area contributed by atoms with Crippen LogP contribution in [0, 0.1) is 4.91 Å². The molecule has 0 aromatic heterocycles. The summed E-state index contributed by atoms with van der Waals surface area (Å²) in [7, 11) is 0. The Morgan fingerprint density at radius 2 is 2.33 bits per heavy atom. The van der Waals surface area contributed by atoms with Crippen LogP contribution in [0.2, 0.25) is 0 Å². The quantitative estimate of drug-likeness (QED) is 0.353. The summed E-state index contributed by atoms with van der Waals surface area (Å²) in [5.74, 6) is -0.707. The Kier molecular flexibility index (Phi) is 6.00. The highest BCUT2D eigenvalue weighted by atomic mass is 16.3. The van der Waals surface area contributed by atoms with Gasteiger partial charge in [-0.1, -0.05) is 0 Å². The molecule has 0 saturated heterocycles. The summed E-state index contributed by atoms with van der Waals surface area (Å²) in [5.41, 5.74) is 0. The monoisotopic (exact) mass is 172 g/mol. The van der Waals surface area contributed by atoms with Crippen LogP contribution in [0.15, 0.2) is 5.18 Å². The van der Waals surface area contributed by atoms with Gasteiger partial charge in [0.1, 0.15) is 6.29 Å². The van der Waals surface area contributed by atoms with E-state index < -0.39 is 11.9 Å². The number of hydrogen-bond acceptors (Lipinski definition) is 4. The molecule has 0 heterocycles. The van der Waals surface area contributed by atoms with E-state index in [9.17, 15) is 14.5 Å². The van der Waals surface area contributed by atoms with E-state index in [1.54, 1.807) is 6.92 Å². The van der Waals surface area contributed by atoms with Gasteiger partial charge in [-0.2, -0.15) is 0 Å². The number of rotatable bonds is 6. The van der Waals surface area contributed by atoms with Gasteiger partial charge in [0.15, 0.2) is 0 Å². The highest BCUT2D eigenvalue weighted by Crippen LogP contribution is 1.88. The molecular formula is C7H12N2O3. The molecule has 1 atom stereocenters. The molecule has 0 bridgehead atoms. The largest absolute Gasteiger partial charge is 0.306 e. The third-order valence-electron chi connectivity index (χ3n) is 1.41. The Labute approximate surface area is 70.5 Å². The molecular weight excluding hydrogens is 160 g/mol. The van der Waals surface area contributed by atoms with Gasteiger partial charge in [0.25, 0.3) is 0 Å². The van der Waals surface area contributed by atoms with Crippen LogP contribution in [-0.4, -0.2) is 24.8 Å². The normalized spacial score (nSPS) is 12.1. The molecule has 0 radical (unpaired) electrons. The first-order valence-corrected chi connectivity index (χ1v) is 3.76. The lowest BCUT2D eigenvalue weighted by molar-refractivity contribution is -0.119. The standard InChI is InChI=1S/C7H12N2O3/c1-6(7(11)9-12)8-4-2-3-5-10/h5-6,8H,2-4H2,1H3/t6-/m0/s1. The summed E-state index contributed by atoms with van der Waals surface area (Å²) in [5, 5.41) is 5.03. The minimum Gasteiger partial charge on any atom is -0.306 e. The van der Waals surface area contributed by atoms with E-state index in [0.717, 1.165) is 6.29 Å². The van der Waals surface area contributed by atoms with Crippen molar-refractivity contribution in [1.29, 1.82) is 0 Å². The fourth-order valence-corrected chi connectivity index (χ4v) is 0.670. The summed E-state index contributed by atoms with van der Waals surface area (Å²) < 4.78 is 0. The first-order valence-electron chi connectivity index (χ1n) is 3.76. The van der Waals surface area contributed by atoms with Crippen molar-refractivity contribution in [3.05, 3.63) is 4.91 Å². The van der Waals surface area contributed by atoms with E-state index >= 15 is 0 Å². The minimum atomic E-state index is -0.707. The molecule has 0 saturated carbocycles. The maximum atomic E-state index is 10.6. The molecule has 0 unspecified atom stereocenters. The minimum absolute atomic E-state index is 0.461. The first-order chi connectivity index (χ1) is 5.72. The smallest absolute Gasteiger partial charge is 0.302 e. The number of carbonyl (C=O) groups excluding carboxylic acids is 2. The van der Waals surface area contributed by atoms with Crippen LogP contribution in [0.1, 0.15) is 19.8 Å². The van der Waals surface area contributed by atoms with Gasteiger partial charge < -0.3 is 10.1 Å². The second-order valence-electron chi connectivity index (χ2n) is 2.41. The number of nitroso groups, excluding NO2 is 1. The zero-order chi connectivity index (χ0) is 9.40. The Balaban J connectivity index is 3.42. The first kappa shape index (κ1) is 10.9. The molecule has 1 amide bonds. The zero-order valence-corrected chi connectivity index (χ0v) is 6.95. The van der Waals surface area contributed by atoms with E-state index in [0.29, 0.717) is 19.4 Å². The molecule has 0 aliphatic rings. The third-order valence-corrected chi connectivity index (χ3v) is 1.41. The van der Waals surface area contributed by atoms with Crippen LogP contribution < -0.4 is 5.32 Å². The molecule has 0 rings (SSSR count). The van der Waals surface area contributed by atoms with Crippen molar-refractivity contribution < 1.29 is 9.59 Å². The number of nitrogens with zero attached hydrogens (tertiary/aromatic N) is 1. The van der Waals surface area contributed by atoms with Crippen molar-refractivity contribution in [3.8, 4) is 0 Å². The number of hydrogen-bond donors (Lipinski definition) is 1. The van der Waals surface area contributed by atoms with Crippen LogP contribution in [0.4, 0.5) is 0 Å². The highest BCUT2D eigenvalue weighted by Gasteiger charge is 2.10. The molecule has 0 aromatic rings. The molecule has 0 aromatic carbocycles. The van der Waals surface area contributed by atoms with E-state index in [4.69, 9.17) is 0 Å². The third kappa shape index (κ3) is 4.68. The average molecular weight is 172 g/mol. The van der Waals surface area contributed by atoms with E-state index in [1.807, 2.05) is 0 Å². The Morgan fingerprint density at radius 1 is 1.67 bits per heavy atom. The summed E-state index contributed by atoms with van der Waals surface area (Å²) in [6, 6.07) is -0.547. The van der Waals surface area contributed by atoms with E-state index in [2.05, 4.69) is 10.5 Å². The summed E-state index contributed by atoms with van der Waals surface area (Å²) >= 11 is 0. The van der Waals surface area contributed by atoms with Crippen LogP contribution >= 0.6 is 0 Å². The molecule has 5 heteroatoms. The van der Waals surface area contributed by atoms with Crippen molar-refractivity contribution in [2.24, 2.45) is 5.18 Å². The topological polar surface area (TPSA) is 75.6 Å². The van der Waals surface area contributed by atoms with Crippen LogP contribution in [0.3, 0.4) is 0 Å². The van der Waals surface area contributed by atoms with Gasteiger partial charge in [-0.15, -0.1) is 4.91 Å². The van der Waals surface area contributed by atoms with Crippen molar-refractivity contribution >= 4 is 12.2 Å². The van der Waals surface area contributed by atoms with Crippen molar-refractivity contribution in [1.82, 2.24) is 5.32 Å². The Morgan fingerprint density at radius 3 is 2.83 bits per heavy atom. The van der Waals surface area contributed by atoms with Crippen molar-refractivity contribution in [2.45, 2.75) is 25.8 Å². The lowest BCUT2D eigenvalue weighted by Gasteiger charge is -2.06. The Bertz CT molecular complexity index is 170. The number of unbranched alkanes of at least 4 members (excludes halogenated alkanes) is 1. The molecule has 0 fully saturated rings. The van der Waals surface area contributed by atoms with Crippen LogP contribution in [0.25, 0.3) is 0 Å². The van der Waals surface area contributed by atoms with Gasteiger partial charge in [-0.05, 0) is 19.9 Å². The molecule has 5 nitrogen and oxygen atoms in total. The van der Waals surface area contributed by atoms with Gasteiger partial charge >= 0.3 is 5.91 Å². The highest BCUT2D eigenvalue weighted by molar-refractivity contribution is 5.81. The SMILES string of the molecule is C[C@H](NCCCC=O)C(=O)N=O. The van der Waals surface area contributed by atoms with Gasteiger partial charge in [-0.3, -0.25) is 4.79 Å².